The summed E-state index contributed by atoms with van der Waals surface area (Å²) in [6, 6.07) is 8.97. The molecule has 1 unspecified atom stereocenters. The largest absolute Gasteiger partial charge is 0.459 e. The molecule has 19 heavy (non-hydrogen) atoms. The second-order valence-electron chi connectivity index (χ2n) is 5.38. The highest BCUT2D eigenvalue weighted by Gasteiger charge is 2.23. The maximum atomic E-state index is 5.97. The quantitative estimate of drug-likeness (QED) is 0.917. The lowest BCUT2D eigenvalue weighted by Gasteiger charge is -2.33. The van der Waals surface area contributed by atoms with Gasteiger partial charge in [-0.05, 0) is 44.0 Å². The second-order valence-corrected chi connectivity index (χ2v) is 6.30. The summed E-state index contributed by atoms with van der Waals surface area (Å²) in [5, 5.41) is 1.16. The fourth-order valence-electron chi connectivity index (χ4n) is 2.73. The first-order valence-electron chi connectivity index (χ1n) is 6.82. The maximum absolute atomic E-state index is 5.97. The van der Waals surface area contributed by atoms with Gasteiger partial charge in [0.15, 0.2) is 0 Å². The minimum absolute atomic E-state index is 0.318. The fraction of sp³-hybridized carbons (Fsp3) is 0.467. The highest BCUT2D eigenvalue weighted by Crippen LogP contribution is 2.30. The van der Waals surface area contributed by atoms with Crippen molar-refractivity contribution in [1.82, 2.24) is 4.90 Å². The van der Waals surface area contributed by atoms with E-state index in [2.05, 4.69) is 39.9 Å². The lowest BCUT2D eigenvalue weighted by atomic mass is 10.0. The van der Waals surface area contributed by atoms with Gasteiger partial charge in [-0.15, -0.1) is 0 Å². The Kier molecular flexibility index (Phi) is 3.65. The summed E-state index contributed by atoms with van der Waals surface area (Å²) in [7, 11) is 0. The SMILES string of the molecule is CC(c1cc2cc(Br)ccc2o1)N1CCC(N)CC1. The summed E-state index contributed by atoms with van der Waals surface area (Å²) in [4.78, 5) is 2.45. The van der Waals surface area contributed by atoms with Gasteiger partial charge in [-0.3, -0.25) is 4.90 Å². The number of nitrogens with zero attached hydrogens (tertiary/aromatic N) is 1. The van der Waals surface area contributed by atoms with Crippen LogP contribution in [0.15, 0.2) is 33.2 Å². The first-order chi connectivity index (χ1) is 9.13. The highest BCUT2D eigenvalue weighted by atomic mass is 79.9. The van der Waals surface area contributed by atoms with Crippen molar-refractivity contribution in [3.05, 3.63) is 34.5 Å². The molecule has 0 amide bonds. The predicted molar refractivity (Wildman–Crippen MR) is 81.1 cm³/mol. The van der Waals surface area contributed by atoms with Crippen LogP contribution in [-0.4, -0.2) is 24.0 Å². The van der Waals surface area contributed by atoms with E-state index < -0.39 is 0 Å². The molecule has 2 heterocycles. The Morgan fingerprint density at radius 1 is 1.32 bits per heavy atom. The van der Waals surface area contributed by atoms with Crippen LogP contribution in [0.25, 0.3) is 11.0 Å². The van der Waals surface area contributed by atoms with E-state index in [9.17, 15) is 0 Å². The minimum atomic E-state index is 0.318. The van der Waals surface area contributed by atoms with E-state index in [1.807, 2.05) is 12.1 Å². The molecule has 1 aromatic carbocycles. The molecular weight excluding hydrogens is 304 g/mol. The molecule has 3 rings (SSSR count). The van der Waals surface area contributed by atoms with Gasteiger partial charge in [0.1, 0.15) is 11.3 Å². The Morgan fingerprint density at radius 3 is 2.79 bits per heavy atom. The van der Waals surface area contributed by atoms with Gasteiger partial charge >= 0.3 is 0 Å². The predicted octanol–water partition coefficient (Wildman–Crippen LogP) is 3.68. The zero-order valence-corrected chi connectivity index (χ0v) is 12.7. The molecule has 1 atom stereocenters. The Labute approximate surface area is 121 Å². The van der Waals surface area contributed by atoms with Crippen molar-refractivity contribution in [1.29, 1.82) is 0 Å². The molecule has 0 bridgehead atoms. The van der Waals surface area contributed by atoms with Gasteiger partial charge in [-0.1, -0.05) is 15.9 Å². The number of likely N-dealkylation sites (tertiary alicyclic amines) is 1. The lowest BCUT2D eigenvalue weighted by molar-refractivity contribution is 0.149. The number of halogens is 1. The molecule has 1 aliphatic rings. The van der Waals surface area contributed by atoms with Crippen LogP contribution in [0.4, 0.5) is 0 Å². The molecule has 0 saturated carbocycles. The Hall–Kier alpha value is -0.840. The van der Waals surface area contributed by atoms with Crippen molar-refractivity contribution in [2.75, 3.05) is 13.1 Å². The van der Waals surface area contributed by atoms with Crippen LogP contribution in [0, 0.1) is 0 Å². The number of piperidine rings is 1. The monoisotopic (exact) mass is 322 g/mol. The topological polar surface area (TPSA) is 42.4 Å². The third kappa shape index (κ3) is 2.71. The van der Waals surface area contributed by atoms with Gasteiger partial charge in [-0.2, -0.15) is 0 Å². The molecule has 1 aliphatic heterocycles. The van der Waals surface area contributed by atoms with Crippen LogP contribution >= 0.6 is 15.9 Å². The van der Waals surface area contributed by atoms with E-state index in [4.69, 9.17) is 10.2 Å². The minimum Gasteiger partial charge on any atom is -0.459 e. The van der Waals surface area contributed by atoms with Crippen LogP contribution in [0.3, 0.4) is 0 Å². The molecule has 0 radical (unpaired) electrons. The first-order valence-corrected chi connectivity index (χ1v) is 7.61. The zero-order chi connectivity index (χ0) is 13.4. The van der Waals surface area contributed by atoms with Gasteiger partial charge < -0.3 is 10.2 Å². The van der Waals surface area contributed by atoms with Crippen LogP contribution in [0.5, 0.6) is 0 Å². The molecule has 1 saturated heterocycles. The molecule has 3 nitrogen and oxygen atoms in total. The zero-order valence-electron chi connectivity index (χ0n) is 11.1. The molecule has 4 heteroatoms. The van der Waals surface area contributed by atoms with Gasteiger partial charge in [0.25, 0.3) is 0 Å². The van der Waals surface area contributed by atoms with Gasteiger partial charge in [0, 0.05) is 29.0 Å². The van der Waals surface area contributed by atoms with Crippen LogP contribution in [0.1, 0.15) is 31.6 Å². The Balaban J connectivity index is 1.83. The number of rotatable bonds is 2. The smallest absolute Gasteiger partial charge is 0.134 e. The van der Waals surface area contributed by atoms with Crippen molar-refractivity contribution in [2.24, 2.45) is 5.73 Å². The van der Waals surface area contributed by atoms with Crippen molar-refractivity contribution in [2.45, 2.75) is 31.8 Å². The number of hydrogen-bond donors (Lipinski definition) is 1. The molecular formula is C15H19BrN2O. The number of furan rings is 1. The summed E-state index contributed by atoms with van der Waals surface area (Å²) in [5.74, 6) is 1.04. The third-order valence-electron chi connectivity index (χ3n) is 4.03. The lowest BCUT2D eigenvalue weighted by Crippen LogP contribution is -2.40. The normalized spacial score (nSPS) is 19.9. The maximum Gasteiger partial charge on any atom is 0.134 e. The molecule has 102 valence electrons. The standard InChI is InChI=1S/C15H19BrN2O/c1-10(18-6-4-13(17)5-7-18)15-9-11-8-12(16)2-3-14(11)19-15/h2-3,8-10,13H,4-7,17H2,1H3. The summed E-state index contributed by atoms with van der Waals surface area (Å²) in [6.07, 6.45) is 2.16. The van der Waals surface area contributed by atoms with Gasteiger partial charge in [0.05, 0.1) is 6.04 Å². The number of nitrogens with two attached hydrogens (primary N) is 1. The molecule has 0 spiro atoms. The first kappa shape index (κ1) is 13.2. The van der Waals surface area contributed by atoms with E-state index in [0.29, 0.717) is 12.1 Å². The van der Waals surface area contributed by atoms with Crippen LogP contribution in [-0.2, 0) is 0 Å². The summed E-state index contributed by atoms with van der Waals surface area (Å²) >= 11 is 3.50. The number of hydrogen-bond acceptors (Lipinski definition) is 3. The molecule has 2 N–H and O–H groups in total. The summed E-state index contributed by atoms with van der Waals surface area (Å²) in [5.41, 5.74) is 6.92. The van der Waals surface area contributed by atoms with E-state index in [-0.39, 0.29) is 0 Å². The van der Waals surface area contributed by atoms with E-state index in [1.165, 1.54) is 0 Å². The highest BCUT2D eigenvalue weighted by molar-refractivity contribution is 9.10. The van der Waals surface area contributed by atoms with E-state index in [1.54, 1.807) is 0 Å². The summed E-state index contributed by atoms with van der Waals surface area (Å²) < 4.78 is 7.06. The van der Waals surface area contributed by atoms with Crippen LogP contribution < -0.4 is 5.73 Å². The third-order valence-corrected chi connectivity index (χ3v) is 4.52. The Morgan fingerprint density at radius 2 is 2.05 bits per heavy atom. The van der Waals surface area contributed by atoms with Crippen LogP contribution in [0.2, 0.25) is 0 Å². The number of benzene rings is 1. The van der Waals surface area contributed by atoms with Crippen molar-refractivity contribution in [3.63, 3.8) is 0 Å². The molecule has 1 aromatic heterocycles. The average molecular weight is 323 g/mol. The van der Waals surface area contributed by atoms with Crippen molar-refractivity contribution >= 4 is 26.9 Å². The van der Waals surface area contributed by atoms with Gasteiger partial charge in [0.2, 0.25) is 0 Å². The molecule has 0 aliphatic carbocycles. The summed E-state index contributed by atoms with van der Waals surface area (Å²) in [6.45, 7) is 4.33. The van der Waals surface area contributed by atoms with Crippen molar-refractivity contribution in [3.8, 4) is 0 Å². The fourth-order valence-corrected chi connectivity index (χ4v) is 3.11. The number of fused-ring (bicyclic) bond motifs is 1. The van der Waals surface area contributed by atoms with Crippen molar-refractivity contribution < 1.29 is 4.42 Å². The molecule has 1 fully saturated rings. The van der Waals surface area contributed by atoms with E-state index >= 15 is 0 Å². The Bertz CT molecular complexity index is 573. The van der Waals surface area contributed by atoms with Gasteiger partial charge in [-0.25, -0.2) is 0 Å². The van der Waals surface area contributed by atoms with E-state index in [0.717, 1.165) is 47.1 Å². The molecule has 2 aromatic rings. The average Bonchev–Trinajstić information content (AvgIpc) is 2.81. The second kappa shape index (κ2) is 5.27.